The number of ketones is 1. The number of hydrogen-bond donors (Lipinski definition) is 0. The van der Waals surface area contributed by atoms with Gasteiger partial charge in [-0.15, -0.1) is 0 Å². The van der Waals surface area contributed by atoms with Crippen molar-refractivity contribution < 1.29 is 4.79 Å². The Hall–Kier alpha value is -1.77. The summed E-state index contributed by atoms with van der Waals surface area (Å²) >= 11 is 0. The summed E-state index contributed by atoms with van der Waals surface area (Å²) in [6.45, 7) is 1.81. The molecule has 0 radical (unpaired) electrons. The van der Waals surface area contributed by atoms with E-state index in [9.17, 15) is 4.79 Å². The molecule has 0 N–H and O–H groups in total. The van der Waals surface area contributed by atoms with Crippen LogP contribution < -0.4 is 0 Å². The van der Waals surface area contributed by atoms with Gasteiger partial charge in [-0.25, -0.2) is 0 Å². The molecule has 0 fully saturated rings. The zero-order valence-electron chi connectivity index (χ0n) is 11.3. The number of rotatable bonds is 6. The third-order valence-corrected chi connectivity index (χ3v) is 1.86. The molecule has 0 amide bonds. The molecule has 0 saturated carbocycles. The first-order valence-corrected chi connectivity index (χ1v) is 5.50. The van der Waals surface area contributed by atoms with E-state index in [4.69, 9.17) is 0 Å². The van der Waals surface area contributed by atoms with Gasteiger partial charge in [0.1, 0.15) is 0 Å². The highest BCUT2D eigenvalue weighted by Crippen LogP contribution is 1.97. The van der Waals surface area contributed by atoms with Gasteiger partial charge in [0.15, 0.2) is 5.78 Å². The smallest absolute Gasteiger partial charge is 0.181 e. The Balaban J connectivity index is 4.32. The number of carbonyl (C=O) groups is 1. The lowest BCUT2D eigenvalue weighted by Gasteiger charge is -2.01. The fourth-order valence-corrected chi connectivity index (χ4v) is 0.938. The zero-order chi connectivity index (χ0) is 13.3. The van der Waals surface area contributed by atoms with Gasteiger partial charge in [-0.2, -0.15) is 0 Å². The summed E-state index contributed by atoms with van der Waals surface area (Å²) in [4.78, 5) is 15.4. The second-order valence-corrected chi connectivity index (χ2v) is 4.18. The maximum absolute atomic E-state index is 11.6. The predicted molar refractivity (Wildman–Crippen MR) is 73.6 cm³/mol. The van der Waals surface area contributed by atoms with E-state index in [1.165, 1.54) is 0 Å². The van der Waals surface area contributed by atoms with Crippen molar-refractivity contribution in [1.82, 2.24) is 9.80 Å². The lowest BCUT2D eigenvalue weighted by Crippen LogP contribution is -2.00. The van der Waals surface area contributed by atoms with E-state index in [-0.39, 0.29) is 5.78 Å². The minimum atomic E-state index is 0.0248. The molecule has 0 heterocycles. The Morgan fingerprint density at radius 2 is 1.41 bits per heavy atom. The molecule has 0 bridgehead atoms. The zero-order valence-corrected chi connectivity index (χ0v) is 11.3. The van der Waals surface area contributed by atoms with E-state index in [1.807, 2.05) is 75.5 Å². The summed E-state index contributed by atoms with van der Waals surface area (Å²) in [6.07, 6.45) is 12.6. The minimum Gasteiger partial charge on any atom is -0.383 e. The Morgan fingerprint density at radius 1 is 0.882 bits per heavy atom. The molecule has 0 spiro atoms. The van der Waals surface area contributed by atoms with E-state index in [0.717, 1.165) is 5.57 Å². The first kappa shape index (κ1) is 15.2. The topological polar surface area (TPSA) is 23.6 Å². The standard InChI is InChI=1S/C14H22N2O/c1-13(9-8-12-16(4)5)14(17)10-6-7-11-15(2)3/h6-12H,1-5H3/b10-6+,11-7?,12-8+,13-9+. The van der Waals surface area contributed by atoms with Crippen LogP contribution in [-0.4, -0.2) is 43.8 Å². The van der Waals surface area contributed by atoms with Crippen LogP contribution in [0.2, 0.25) is 0 Å². The van der Waals surface area contributed by atoms with Crippen molar-refractivity contribution in [2.24, 2.45) is 0 Å². The third-order valence-electron chi connectivity index (χ3n) is 1.86. The van der Waals surface area contributed by atoms with Crippen LogP contribution in [0, 0.1) is 0 Å². The van der Waals surface area contributed by atoms with Crippen molar-refractivity contribution in [2.75, 3.05) is 28.2 Å². The molecule has 0 aliphatic carbocycles. The van der Waals surface area contributed by atoms with Gasteiger partial charge in [0, 0.05) is 28.2 Å². The highest BCUT2D eigenvalue weighted by Gasteiger charge is 1.96. The molecule has 0 atom stereocenters. The van der Waals surface area contributed by atoms with Crippen molar-refractivity contribution >= 4 is 5.78 Å². The third kappa shape index (κ3) is 9.18. The van der Waals surface area contributed by atoms with Crippen LogP contribution in [0.25, 0.3) is 0 Å². The fraction of sp³-hybridized carbons (Fsp3) is 0.357. The molecular weight excluding hydrogens is 212 g/mol. The van der Waals surface area contributed by atoms with Crippen molar-refractivity contribution in [3.05, 3.63) is 48.4 Å². The van der Waals surface area contributed by atoms with Crippen LogP contribution in [0.1, 0.15) is 6.92 Å². The van der Waals surface area contributed by atoms with Crippen LogP contribution in [0.15, 0.2) is 48.4 Å². The lowest BCUT2D eigenvalue weighted by atomic mass is 10.1. The highest BCUT2D eigenvalue weighted by molar-refractivity contribution is 6.03. The van der Waals surface area contributed by atoms with Crippen molar-refractivity contribution in [1.29, 1.82) is 0 Å². The van der Waals surface area contributed by atoms with E-state index < -0.39 is 0 Å². The van der Waals surface area contributed by atoms with E-state index in [2.05, 4.69) is 0 Å². The first-order chi connectivity index (χ1) is 7.93. The maximum Gasteiger partial charge on any atom is 0.181 e. The van der Waals surface area contributed by atoms with Crippen LogP contribution in [0.5, 0.6) is 0 Å². The van der Waals surface area contributed by atoms with E-state index in [0.29, 0.717) is 0 Å². The minimum absolute atomic E-state index is 0.0248. The molecular formula is C14H22N2O. The Bertz CT molecular complexity index is 347. The largest absolute Gasteiger partial charge is 0.383 e. The van der Waals surface area contributed by atoms with Crippen LogP contribution >= 0.6 is 0 Å². The average Bonchev–Trinajstić information content (AvgIpc) is 2.23. The Kier molecular flexibility index (Phi) is 7.52. The van der Waals surface area contributed by atoms with E-state index >= 15 is 0 Å². The average molecular weight is 234 g/mol. The summed E-state index contributed by atoms with van der Waals surface area (Å²) < 4.78 is 0. The van der Waals surface area contributed by atoms with Crippen LogP contribution in [0.3, 0.4) is 0 Å². The molecule has 3 nitrogen and oxygen atoms in total. The van der Waals surface area contributed by atoms with Crippen LogP contribution in [0.4, 0.5) is 0 Å². The van der Waals surface area contributed by atoms with Crippen LogP contribution in [-0.2, 0) is 4.79 Å². The molecule has 0 aliphatic heterocycles. The molecule has 0 aromatic carbocycles. The molecule has 0 unspecified atom stereocenters. The van der Waals surface area contributed by atoms with Gasteiger partial charge < -0.3 is 9.80 Å². The molecule has 0 aromatic rings. The molecule has 94 valence electrons. The highest BCUT2D eigenvalue weighted by atomic mass is 16.1. The number of carbonyl (C=O) groups excluding carboxylic acids is 1. The van der Waals surface area contributed by atoms with Crippen molar-refractivity contribution in [2.45, 2.75) is 6.92 Å². The Labute approximate surface area is 104 Å². The Morgan fingerprint density at radius 3 is 1.94 bits per heavy atom. The number of hydrogen-bond acceptors (Lipinski definition) is 3. The maximum atomic E-state index is 11.6. The van der Waals surface area contributed by atoms with Gasteiger partial charge in [0.2, 0.25) is 0 Å². The van der Waals surface area contributed by atoms with Gasteiger partial charge >= 0.3 is 0 Å². The SMILES string of the molecule is C/C(=C\C=C\N(C)C)C(=O)/C=C/C=CN(C)C. The molecule has 0 rings (SSSR count). The molecule has 0 aliphatic rings. The van der Waals surface area contributed by atoms with Gasteiger partial charge in [-0.1, -0.05) is 12.2 Å². The summed E-state index contributed by atoms with van der Waals surface area (Å²) in [5, 5.41) is 0. The van der Waals surface area contributed by atoms with E-state index in [1.54, 1.807) is 12.2 Å². The molecule has 17 heavy (non-hydrogen) atoms. The predicted octanol–water partition coefficient (Wildman–Crippen LogP) is 2.21. The normalized spacial score (nSPS) is 12.9. The van der Waals surface area contributed by atoms with Crippen molar-refractivity contribution in [3.63, 3.8) is 0 Å². The fourth-order valence-electron chi connectivity index (χ4n) is 0.938. The van der Waals surface area contributed by atoms with Gasteiger partial charge in [0.25, 0.3) is 0 Å². The first-order valence-electron chi connectivity index (χ1n) is 5.50. The van der Waals surface area contributed by atoms with Gasteiger partial charge in [0.05, 0.1) is 0 Å². The second-order valence-electron chi connectivity index (χ2n) is 4.18. The monoisotopic (exact) mass is 234 g/mol. The summed E-state index contributed by atoms with van der Waals surface area (Å²) in [5.41, 5.74) is 0.720. The quantitative estimate of drug-likeness (QED) is 0.520. The van der Waals surface area contributed by atoms with Crippen molar-refractivity contribution in [3.8, 4) is 0 Å². The second kappa shape index (κ2) is 8.39. The summed E-state index contributed by atoms with van der Waals surface area (Å²) in [7, 11) is 7.74. The molecule has 0 saturated heterocycles. The van der Waals surface area contributed by atoms with Gasteiger partial charge in [-0.05, 0) is 43.1 Å². The number of nitrogens with zero attached hydrogens (tertiary/aromatic N) is 2. The molecule has 3 heteroatoms. The molecule has 0 aromatic heterocycles. The lowest BCUT2D eigenvalue weighted by molar-refractivity contribution is -0.111. The summed E-state index contributed by atoms with van der Waals surface area (Å²) in [5.74, 6) is 0.0248. The summed E-state index contributed by atoms with van der Waals surface area (Å²) in [6, 6.07) is 0. The van der Waals surface area contributed by atoms with Gasteiger partial charge in [-0.3, -0.25) is 4.79 Å². The number of allylic oxidation sites excluding steroid dienone is 6.